The van der Waals surface area contributed by atoms with E-state index in [0.717, 1.165) is 17.9 Å². The lowest BCUT2D eigenvalue weighted by atomic mass is 10.1. The molecule has 0 fully saturated rings. The number of hydrogen-bond acceptors (Lipinski definition) is 4. The molecule has 0 saturated heterocycles. The predicted octanol–water partition coefficient (Wildman–Crippen LogP) is 3.01. The Morgan fingerprint density at radius 3 is 2.71 bits per heavy atom. The van der Waals surface area contributed by atoms with Gasteiger partial charge < -0.3 is 14.3 Å². The maximum Gasteiger partial charge on any atom is 0.335 e. The van der Waals surface area contributed by atoms with Crippen LogP contribution in [0.1, 0.15) is 28.6 Å². The Balaban J connectivity index is 2.18. The van der Waals surface area contributed by atoms with E-state index >= 15 is 0 Å². The molecule has 0 saturated carbocycles. The fourth-order valence-corrected chi connectivity index (χ4v) is 2.18. The molecule has 21 heavy (non-hydrogen) atoms. The monoisotopic (exact) mass is 289 g/mol. The van der Waals surface area contributed by atoms with Gasteiger partial charge in [0.05, 0.1) is 25.5 Å². The van der Waals surface area contributed by atoms with Gasteiger partial charge in [0, 0.05) is 12.1 Å². The second kappa shape index (κ2) is 6.95. The van der Waals surface area contributed by atoms with Crippen LogP contribution in [0.5, 0.6) is 5.75 Å². The third-order valence-electron chi connectivity index (χ3n) is 3.33. The molecule has 0 atom stereocenters. The summed E-state index contributed by atoms with van der Waals surface area (Å²) < 4.78 is 10.7. The lowest BCUT2D eigenvalue weighted by molar-refractivity contribution is 0.0696. The Morgan fingerprint density at radius 2 is 2.14 bits per heavy atom. The summed E-state index contributed by atoms with van der Waals surface area (Å²) in [6, 6.07) is 8.68. The molecule has 1 N–H and O–H groups in total. The first-order valence-corrected chi connectivity index (χ1v) is 6.79. The molecule has 0 aliphatic carbocycles. The van der Waals surface area contributed by atoms with Gasteiger partial charge in [-0.2, -0.15) is 0 Å². The van der Waals surface area contributed by atoms with E-state index in [9.17, 15) is 4.79 Å². The van der Waals surface area contributed by atoms with Crippen molar-refractivity contribution in [1.29, 1.82) is 0 Å². The molecular weight excluding hydrogens is 270 g/mol. The number of benzene rings is 1. The van der Waals surface area contributed by atoms with E-state index in [1.54, 1.807) is 31.6 Å². The third kappa shape index (κ3) is 3.86. The molecule has 5 heteroatoms. The number of aromatic carboxylic acids is 1. The van der Waals surface area contributed by atoms with E-state index in [0.29, 0.717) is 18.8 Å². The minimum atomic E-state index is -0.937. The van der Waals surface area contributed by atoms with Gasteiger partial charge in [-0.15, -0.1) is 0 Å². The Kier molecular flexibility index (Phi) is 5.00. The summed E-state index contributed by atoms with van der Waals surface area (Å²) in [5.41, 5.74) is 1.12. The average molecular weight is 289 g/mol. The van der Waals surface area contributed by atoms with E-state index in [-0.39, 0.29) is 5.56 Å². The van der Waals surface area contributed by atoms with Gasteiger partial charge in [-0.05, 0) is 36.9 Å². The molecular formula is C16H19NO4. The Hall–Kier alpha value is -2.27. The molecule has 1 heterocycles. The Bertz CT molecular complexity index is 592. The van der Waals surface area contributed by atoms with Crippen molar-refractivity contribution in [2.75, 3.05) is 13.7 Å². The number of carboxylic acid groups (broad SMARTS) is 1. The second-order valence-corrected chi connectivity index (χ2v) is 4.71. The highest BCUT2D eigenvalue weighted by Gasteiger charge is 2.13. The zero-order chi connectivity index (χ0) is 15.2. The number of carboxylic acids is 1. The van der Waals surface area contributed by atoms with Gasteiger partial charge in [-0.1, -0.05) is 6.92 Å². The summed E-state index contributed by atoms with van der Waals surface area (Å²) in [5.74, 6) is 0.635. The number of carbonyl (C=O) groups is 1. The summed E-state index contributed by atoms with van der Waals surface area (Å²) in [4.78, 5) is 13.3. The molecule has 0 bridgehead atoms. The van der Waals surface area contributed by atoms with Gasteiger partial charge in [0.25, 0.3) is 0 Å². The van der Waals surface area contributed by atoms with Crippen molar-refractivity contribution in [2.45, 2.75) is 20.0 Å². The Morgan fingerprint density at radius 1 is 1.33 bits per heavy atom. The van der Waals surface area contributed by atoms with Crippen molar-refractivity contribution in [3.8, 4) is 5.75 Å². The van der Waals surface area contributed by atoms with Crippen LogP contribution in [0.3, 0.4) is 0 Å². The molecule has 0 aliphatic rings. The maximum atomic E-state index is 11.1. The molecule has 2 aromatic rings. The number of ether oxygens (including phenoxy) is 1. The first kappa shape index (κ1) is 15.1. The van der Waals surface area contributed by atoms with Crippen molar-refractivity contribution < 1.29 is 19.1 Å². The van der Waals surface area contributed by atoms with Crippen LogP contribution in [-0.4, -0.2) is 29.6 Å². The van der Waals surface area contributed by atoms with Crippen LogP contribution in [0.15, 0.2) is 41.0 Å². The van der Waals surface area contributed by atoms with Crippen LogP contribution in [0.2, 0.25) is 0 Å². The number of nitrogens with zero attached hydrogens (tertiary/aromatic N) is 1. The van der Waals surface area contributed by atoms with Crippen LogP contribution in [0.4, 0.5) is 0 Å². The number of hydrogen-bond donors (Lipinski definition) is 1. The van der Waals surface area contributed by atoms with Gasteiger partial charge in [0.2, 0.25) is 0 Å². The van der Waals surface area contributed by atoms with Crippen molar-refractivity contribution in [3.63, 3.8) is 0 Å². The highest BCUT2D eigenvalue weighted by Crippen LogP contribution is 2.22. The third-order valence-corrected chi connectivity index (χ3v) is 3.33. The van der Waals surface area contributed by atoms with Crippen LogP contribution in [-0.2, 0) is 13.1 Å². The summed E-state index contributed by atoms with van der Waals surface area (Å²) >= 11 is 0. The molecule has 0 unspecified atom stereocenters. The molecule has 2 rings (SSSR count). The zero-order valence-electron chi connectivity index (χ0n) is 12.2. The van der Waals surface area contributed by atoms with E-state index < -0.39 is 5.97 Å². The van der Waals surface area contributed by atoms with Crippen molar-refractivity contribution in [3.05, 3.63) is 53.5 Å². The van der Waals surface area contributed by atoms with E-state index in [2.05, 4.69) is 11.8 Å². The van der Waals surface area contributed by atoms with Crippen molar-refractivity contribution in [2.24, 2.45) is 0 Å². The topological polar surface area (TPSA) is 62.9 Å². The van der Waals surface area contributed by atoms with Gasteiger partial charge in [-0.25, -0.2) is 4.79 Å². The molecule has 0 radical (unpaired) electrons. The second-order valence-electron chi connectivity index (χ2n) is 4.71. The first-order valence-electron chi connectivity index (χ1n) is 6.79. The van der Waals surface area contributed by atoms with Gasteiger partial charge in [0.15, 0.2) is 0 Å². The van der Waals surface area contributed by atoms with Crippen molar-refractivity contribution in [1.82, 2.24) is 4.90 Å². The van der Waals surface area contributed by atoms with Crippen LogP contribution in [0, 0.1) is 0 Å². The van der Waals surface area contributed by atoms with Gasteiger partial charge in [0.1, 0.15) is 11.5 Å². The summed E-state index contributed by atoms with van der Waals surface area (Å²) in [6.07, 6.45) is 1.65. The molecule has 112 valence electrons. The van der Waals surface area contributed by atoms with Crippen LogP contribution >= 0.6 is 0 Å². The fraction of sp³-hybridized carbons (Fsp3) is 0.312. The minimum absolute atomic E-state index is 0.264. The normalized spacial score (nSPS) is 10.8. The fourth-order valence-electron chi connectivity index (χ4n) is 2.18. The summed E-state index contributed by atoms with van der Waals surface area (Å²) in [6.45, 7) is 4.14. The van der Waals surface area contributed by atoms with Crippen LogP contribution in [0.25, 0.3) is 0 Å². The number of furan rings is 1. The SMILES string of the molecule is CCN(Cc1ccco1)Cc1cc(C(=O)O)ccc1OC. The van der Waals surface area contributed by atoms with Crippen LogP contribution < -0.4 is 4.74 Å². The quantitative estimate of drug-likeness (QED) is 0.849. The maximum absolute atomic E-state index is 11.1. The van der Waals surface area contributed by atoms with Crippen molar-refractivity contribution >= 4 is 5.97 Å². The lowest BCUT2D eigenvalue weighted by Crippen LogP contribution is -2.22. The highest BCUT2D eigenvalue weighted by molar-refractivity contribution is 5.88. The molecule has 0 aliphatic heterocycles. The van der Waals surface area contributed by atoms with E-state index in [1.807, 2.05) is 12.1 Å². The Labute approximate surface area is 123 Å². The van der Waals surface area contributed by atoms with E-state index in [1.165, 1.54) is 0 Å². The smallest absolute Gasteiger partial charge is 0.335 e. The molecule has 1 aromatic carbocycles. The van der Waals surface area contributed by atoms with Gasteiger partial charge >= 0.3 is 5.97 Å². The van der Waals surface area contributed by atoms with Gasteiger partial charge in [-0.3, -0.25) is 4.90 Å². The summed E-state index contributed by atoms with van der Waals surface area (Å²) in [7, 11) is 1.59. The molecule has 1 aromatic heterocycles. The molecule has 0 amide bonds. The number of rotatable bonds is 7. The molecule has 0 spiro atoms. The average Bonchev–Trinajstić information content (AvgIpc) is 2.99. The zero-order valence-corrected chi connectivity index (χ0v) is 12.2. The predicted molar refractivity (Wildman–Crippen MR) is 78.4 cm³/mol. The number of methoxy groups -OCH3 is 1. The summed E-state index contributed by atoms with van der Waals surface area (Å²) in [5, 5.41) is 9.10. The molecule has 5 nitrogen and oxygen atoms in total. The largest absolute Gasteiger partial charge is 0.496 e. The lowest BCUT2D eigenvalue weighted by Gasteiger charge is -2.20. The van der Waals surface area contributed by atoms with E-state index in [4.69, 9.17) is 14.3 Å². The minimum Gasteiger partial charge on any atom is -0.496 e. The first-order chi connectivity index (χ1) is 10.1. The highest BCUT2D eigenvalue weighted by atomic mass is 16.5. The standard InChI is InChI=1S/C16H19NO4/c1-3-17(11-14-5-4-8-21-14)10-13-9-12(16(18)19)6-7-15(13)20-2/h4-9H,3,10-11H2,1-2H3,(H,18,19).